The molecule has 0 aliphatic carbocycles. The van der Waals surface area contributed by atoms with Gasteiger partial charge in [-0.05, 0) is 37.3 Å². The molecular formula is C25H25NO4. The Balaban J connectivity index is 1.50. The van der Waals surface area contributed by atoms with Crippen LogP contribution in [-0.4, -0.2) is 29.9 Å². The van der Waals surface area contributed by atoms with Crippen molar-refractivity contribution in [3.63, 3.8) is 0 Å². The zero-order chi connectivity index (χ0) is 21.3. The van der Waals surface area contributed by atoms with Crippen molar-refractivity contribution in [2.45, 2.75) is 32.3 Å². The highest BCUT2D eigenvalue weighted by Gasteiger charge is 2.50. The second-order valence-electron chi connectivity index (χ2n) is 7.85. The number of carbonyl (C=O) groups is 2. The molecular weight excluding hydrogens is 378 g/mol. The predicted molar refractivity (Wildman–Crippen MR) is 117 cm³/mol. The molecule has 1 aliphatic rings. The minimum absolute atomic E-state index is 0.217. The maximum atomic E-state index is 13.1. The third-order valence-corrected chi connectivity index (χ3v) is 5.59. The van der Waals surface area contributed by atoms with Crippen LogP contribution in [0.1, 0.15) is 30.9 Å². The largest absolute Gasteiger partial charge is 0.493 e. The van der Waals surface area contributed by atoms with E-state index in [1.54, 1.807) is 17.0 Å². The summed E-state index contributed by atoms with van der Waals surface area (Å²) >= 11 is 0. The van der Waals surface area contributed by atoms with Crippen LogP contribution in [0, 0.1) is 6.92 Å². The highest BCUT2D eigenvalue weighted by atomic mass is 16.5. The van der Waals surface area contributed by atoms with E-state index >= 15 is 0 Å². The first-order valence-corrected chi connectivity index (χ1v) is 10.2. The molecule has 0 bridgehead atoms. The van der Waals surface area contributed by atoms with E-state index in [1.165, 1.54) is 6.92 Å². The number of anilines is 1. The van der Waals surface area contributed by atoms with Crippen molar-refractivity contribution in [1.82, 2.24) is 0 Å². The van der Waals surface area contributed by atoms with Gasteiger partial charge in [0.1, 0.15) is 11.5 Å². The molecule has 0 saturated heterocycles. The van der Waals surface area contributed by atoms with Crippen LogP contribution in [0.15, 0.2) is 60.7 Å². The van der Waals surface area contributed by atoms with Gasteiger partial charge in [-0.3, -0.25) is 9.59 Å². The number of benzene rings is 3. The van der Waals surface area contributed by atoms with E-state index < -0.39 is 11.5 Å². The third kappa shape index (κ3) is 3.46. The smallest absolute Gasteiger partial charge is 0.264 e. The zero-order valence-electron chi connectivity index (χ0n) is 17.2. The van der Waals surface area contributed by atoms with Gasteiger partial charge in [-0.1, -0.05) is 54.6 Å². The topological polar surface area (TPSA) is 66.8 Å². The first-order valence-electron chi connectivity index (χ1n) is 10.2. The van der Waals surface area contributed by atoms with Gasteiger partial charge in [0, 0.05) is 23.9 Å². The molecule has 0 radical (unpaired) electrons. The van der Waals surface area contributed by atoms with Crippen LogP contribution >= 0.6 is 0 Å². The van der Waals surface area contributed by atoms with Crippen LogP contribution < -0.4 is 9.64 Å². The number of aliphatic hydroxyl groups is 1. The van der Waals surface area contributed by atoms with Gasteiger partial charge in [0.05, 0.1) is 12.3 Å². The molecule has 0 fully saturated rings. The summed E-state index contributed by atoms with van der Waals surface area (Å²) < 4.78 is 5.99. The summed E-state index contributed by atoms with van der Waals surface area (Å²) in [6, 6.07) is 19.4. The number of ketones is 1. The van der Waals surface area contributed by atoms with Crippen molar-refractivity contribution >= 4 is 28.2 Å². The van der Waals surface area contributed by atoms with Crippen LogP contribution in [-0.2, 0) is 15.2 Å². The Morgan fingerprint density at radius 3 is 2.60 bits per heavy atom. The van der Waals surface area contributed by atoms with Crippen molar-refractivity contribution in [2.24, 2.45) is 0 Å². The summed E-state index contributed by atoms with van der Waals surface area (Å²) in [7, 11) is 0. The molecule has 1 atom stereocenters. The molecule has 0 saturated carbocycles. The van der Waals surface area contributed by atoms with Crippen molar-refractivity contribution < 1.29 is 19.4 Å². The van der Waals surface area contributed by atoms with Gasteiger partial charge in [0.25, 0.3) is 5.91 Å². The maximum Gasteiger partial charge on any atom is 0.264 e. The number of fused-ring (bicyclic) bond motifs is 2. The molecule has 0 aromatic heterocycles. The molecule has 1 heterocycles. The minimum atomic E-state index is -1.79. The summed E-state index contributed by atoms with van der Waals surface area (Å²) in [6.07, 6.45) is 0.379. The lowest BCUT2D eigenvalue weighted by Crippen LogP contribution is -2.42. The normalized spacial score (nSPS) is 18.0. The van der Waals surface area contributed by atoms with Crippen molar-refractivity contribution in [3.8, 4) is 5.75 Å². The van der Waals surface area contributed by atoms with E-state index in [-0.39, 0.29) is 12.2 Å². The monoisotopic (exact) mass is 403 g/mol. The summed E-state index contributed by atoms with van der Waals surface area (Å²) in [5, 5.41) is 13.3. The average Bonchev–Trinajstić information content (AvgIpc) is 2.93. The highest BCUT2D eigenvalue weighted by Crippen LogP contribution is 2.44. The number of carbonyl (C=O) groups excluding carboxylic acids is 2. The Kier molecular flexibility index (Phi) is 5.31. The summed E-state index contributed by atoms with van der Waals surface area (Å²) in [5.74, 6) is 0.150. The molecule has 154 valence electrons. The number of hydrogen-bond donors (Lipinski definition) is 1. The van der Waals surface area contributed by atoms with E-state index in [0.29, 0.717) is 30.8 Å². The Labute approximate surface area is 175 Å². The van der Waals surface area contributed by atoms with Gasteiger partial charge >= 0.3 is 0 Å². The second-order valence-corrected chi connectivity index (χ2v) is 7.85. The van der Waals surface area contributed by atoms with Crippen LogP contribution in [0.2, 0.25) is 0 Å². The standard InChI is InChI=1S/C25H25NO4/c1-17-8-5-12-21-23(17)26(24(28)25(21,29)16-18(2)27)14-7-15-30-22-13-6-10-19-9-3-4-11-20(19)22/h3-6,8-13,29H,7,14-16H2,1-2H3. The van der Waals surface area contributed by atoms with E-state index in [4.69, 9.17) is 4.74 Å². The quantitative estimate of drug-likeness (QED) is 0.603. The summed E-state index contributed by atoms with van der Waals surface area (Å²) in [5.41, 5.74) is 0.327. The van der Waals surface area contributed by atoms with Gasteiger partial charge < -0.3 is 14.7 Å². The molecule has 1 amide bonds. The Hall–Kier alpha value is -3.18. The SMILES string of the molecule is CC(=O)CC1(O)C(=O)N(CCCOc2cccc3ccccc23)c2c(C)cccc21. The minimum Gasteiger partial charge on any atom is -0.493 e. The van der Waals surface area contributed by atoms with Crippen LogP contribution in [0.3, 0.4) is 0 Å². The number of para-hydroxylation sites is 1. The molecule has 1 aliphatic heterocycles. The number of nitrogens with zero attached hydrogens (tertiary/aromatic N) is 1. The molecule has 3 aromatic carbocycles. The maximum absolute atomic E-state index is 13.1. The number of rotatable bonds is 7. The fraction of sp³-hybridized carbons (Fsp3) is 0.280. The highest BCUT2D eigenvalue weighted by molar-refractivity contribution is 6.09. The number of Topliss-reactive ketones (excluding diaryl/α,β-unsaturated/α-hetero) is 1. The lowest BCUT2D eigenvalue weighted by atomic mass is 9.89. The Bertz CT molecular complexity index is 1120. The first-order chi connectivity index (χ1) is 14.4. The Morgan fingerprint density at radius 2 is 1.80 bits per heavy atom. The fourth-order valence-electron chi connectivity index (χ4n) is 4.26. The fourth-order valence-corrected chi connectivity index (χ4v) is 4.26. The van der Waals surface area contributed by atoms with Crippen LogP contribution in [0.5, 0.6) is 5.75 Å². The predicted octanol–water partition coefficient (Wildman–Crippen LogP) is 4.13. The summed E-state index contributed by atoms with van der Waals surface area (Å²) in [4.78, 5) is 26.4. The molecule has 30 heavy (non-hydrogen) atoms. The van der Waals surface area contributed by atoms with Gasteiger partial charge in [-0.15, -0.1) is 0 Å². The van der Waals surface area contributed by atoms with Crippen molar-refractivity contribution in [2.75, 3.05) is 18.1 Å². The Morgan fingerprint density at radius 1 is 1.07 bits per heavy atom. The lowest BCUT2D eigenvalue weighted by Gasteiger charge is -2.22. The van der Waals surface area contributed by atoms with E-state index in [9.17, 15) is 14.7 Å². The van der Waals surface area contributed by atoms with Crippen LogP contribution in [0.25, 0.3) is 10.8 Å². The van der Waals surface area contributed by atoms with E-state index in [0.717, 1.165) is 22.1 Å². The molecule has 4 rings (SSSR count). The molecule has 3 aromatic rings. The van der Waals surface area contributed by atoms with Crippen molar-refractivity contribution in [3.05, 3.63) is 71.8 Å². The molecule has 0 spiro atoms. The molecule has 1 N–H and O–H groups in total. The lowest BCUT2D eigenvalue weighted by molar-refractivity contribution is -0.141. The average molecular weight is 403 g/mol. The number of hydrogen-bond acceptors (Lipinski definition) is 4. The number of amides is 1. The number of ether oxygens (including phenoxy) is 1. The van der Waals surface area contributed by atoms with Gasteiger partial charge in [-0.25, -0.2) is 0 Å². The second kappa shape index (κ2) is 7.92. The molecule has 5 heteroatoms. The first kappa shape index (κ1) is 20.1. The summed E-state index contributed by atoms with van der Waals surface area (Å²) in [6.45, 7) is 4.14. The molecule has 1 unspecified atom stereocenters. The van der Waals surface area contributed by atoms with Gasteiger partial charge in [0.15, 0.2) is 5.60 Å². The zero-order valence-corrected chi connectivity index (χ0v) is 17.2. The van der Waals surface area contributed by atoms with Gasteiger partial charge in [-0.2, -0.15) is 0 Å². The van der Waals surface area contributed by atoms with E-state index in [1.807, 2.05) is 55.5 Å². The van der Waals surface area contributed by atoms with E-state index in [2.05, 4.69) is 0 Å². The van der Waals surface area contributed by atoms with Crippen LogP contribution in [0.4, 0.5) is 5.69 Å². The van der Waals surface area contributed by atoms with Gasteiger partial charge in [0.2, 0.25) is 0 Å². The van der Waals surface area contributed by atoms with Crippen molar-refractivity contribution in [1.29, 1.82) is 0 Å². The number of aryl methyl sites for hydroxylation is 1. The third-order valence-electron chi connectivity index (χ3n) is 5.59. The molecule has 5 nitrogen and oxygen atoms in total.